The number of likely N-dealkylation sites (N-methyl/N-ethyl adjacent to an activating group) is 1. The number of hydrogen-bond donors (Lipinski definition) is 2. The molecule has 0 unspecified atom stereocenters. The van der Waals surface area contributed by atoms with Crippen LogP contribution in [0.3, 0.4) is 0 Å². The minimum Gasteiger partial charge on any atom is -0.352 e. The Hall–Kier alpha value is -2.53. The summed E-state index contributed by atoms with van der Waals surface area (Å²) in [4.78, 5) is 18.5. The van der Waals surface area contributed by atoms with E-state index in [1.807, 2.05) is 66.4 Å². The van der Waals surface area contributed by atoms with Crippen molar-refractivity contribution >= 4 is 23.5 Å². The number of halogens is 1. The number of hydrogen-bond acceptors (Lipinski definition) is 2. The van der Waals surface area contributed by atoms with Gasteiger partial charge in [-0.3, -0.25) is 9.79 Å². The van der Waals surface area contributed by atoms with Crippen molar-refractivity contribution in [1.82, 2.24) is 15.5 Å². The van der Waals surface area contributed by atoms with E-state index in [1.54, 1.807) is 7.05 Å². The van der Waals surface area contributed by atoms with Crippen LogP contribution in [0, 0.1) is 0 Å². The van der Waals surface area contributed by atoms with Crippen molar-refractivity contribution in [2.75, 3.05) is 20.1 Å². The average molecular weight is 373 g/mol. The Bertz CT molecular complexity index is 716. The van der Waals surface area contributed by atoms with E-state index in [9.17, 15) is 4.79 Å². The average Bonchev–Trinajstić information content (AvgIpc) is 2.68. The molecule has 0 aliphatic heterocycles. The lowest BCUT2D eigenvalue weighted by Gasteiger charge is -2.22. The van der Waals surface area contributed by atoms with Gasteiger partial charge in [-0.25, -0.2) is 0 Å². The molecule has 5 nitrogen and oxygen atoms in total. The van der Waals surface area contributed by atoms with Crippen molar-refractivity contribution in [2.45, 2.75) is 20.0 Å². The first-order valence-electron chi connectivity index (χ1n) is 8.63. The summed E-state index contributed by atoms with van der Waals surface area (Å²) in [6, 6.07) is 17.6. The third kappa shape index (κ3) is 6.41. The molecule has 0 heterocycles. The molecule has 0 spiro atoms. The first kappa shape index (κ1) is 19.8. The summed E-state index contributed by atoms with van der Waals surface area (Å²) in [5, 5.41) is 6.97. The third-order valence-corrected chi connectivity index (χ3v) is 4.21. The number of nitrogens with zero attached hydrogens (tertiary/aromatic N) is 2. The van der Waals surface area contributed by atoms with E-state index in [-0.39, 0.29) is 12.5 Å². The van der Waals surface area contributed by atoms with E-state index in [2.05, 4.69) is 15.6 Å². The molecule has 0 bridgehead atoms. The predicted molar refractivity (Wildman–Crippen MR) is 107 cm³/mol. The molecule has 0 atom stereocenters. The van der Waals surface area contributed by atoms with Crippen LogP contribution < -0.4 is 10.6 Å². The number of benzene rings is 2. The van der Waals surface area contributed by atoms with Gasteiger partial charge in [0.15, 0.2) is 5.96 Å². The molecule has 0 aromatic heterocycles. The Morgan fingerprint density at radius 1 is 1.04 bits per heavy atom. The van der Waals surface area contributed by atoms with Crippen LogP contribution in [0.2, 0.25) is 5.02 Å². The van der Waals surface area contributed by atoms with Crippen LogP contribution in [0.15, 0.2) is 59.6 Å². The molecule has 2 aromatic rings. The molecule has 0 aliphatic rings. The molecule has 26 heavy (non-hydrogen) atoms. The van der Waals surface area contributed by atoms with Gasteiger partial charge in [-0.05, 0) is 30.2 Å². The summed E-state index contributed by atoms with van der Waals surface area (Å²) < 4.78 is 0. The number of amides is 1. The molecule has 1 amide bonds. The molecule has 2 N–H and O–H groups in total. The predicted octanol–water partition coefficient (Wildman–Crippen LogP) is 3.05. The Balaban J connectivity index is 1.82. The van der Waals surface area contributed by atoms with Gasteiger partial charge in [0.2, 0.25) is 5.91 Å². The second-order valence-electron chi connectivity index (χ2n) is 5.80. The highest BCUT2D eigenvalue weighted by Crippen LogP contribution is 2.09. The standard InChI is InChI=1S/C20H25ClN4O/c1-3-25(15-17-7-5-4-6-8-17)19(26)14-24-20(22-2)23-13-16-9-11-18(21)12-10-16/h4-12H,3,13-15H2,1-2H3,(H2,22,23,24). The minimum atomic E-state index is 0.0331. The first-order valence-corrected chi connectivity index (χ1v) is 9.00. The molecule has 138 valence electrons. The quantitative estimate of drug-likeness (QED) is 0.580. The van der Waals surface area contributed by atoms with Crippen molar-refractivity contribution in [3.05, 3.63) is 70.7 Å². The zero-order valence-corrected chi connectivity index (χ0v) is 16.0. The Labute approximate surface area is 160 Å². The molecule has 0 fully saturated rings. The molecule has 0 aliphatic carbocycles. The Morgan fingerprint density at radius 3 is 2.35 bits per heavy atom. The maximum Gasteiger partial charge on any atom is 0.242 e. The van der Waals surface area contributed by atoms with Gasteiger partial charge >= 0.3 is 0 Å². The summed E-state index contributed by atoms with van der Waals surface area (Å²) in [6.07, 6.45) is 0. The topological polar surface area (TPSA) is 56.7 Å². The van der Waals surface area contributed by atoms with Crippen LogP contribution in [-0.4, -0.2) is 36.9 Å². The van der Waals surface area contributed by atoms with Crippen LogP contribution >= 0.6 is 11.6 Å². The molecular weight excluding hydrogens is 348 g/mol. The van der Waals surface area contributed by atoms with Gasteiger partial charge in [0.05, 0.1) is 6.54 Å². The van der Waals surface area contributed by atoms with Crippen molar-refractivity contribution in [3.8, 4) is 0 Å². The molecule has 0 radical (unpaired) electrons. The Morgan fingerprint density at radius 2 is 1.73 bits per heavy atom. The highest BCUT2D eigenvalue weighted by atomic mass is 35.5. The zero-order chi connectivity index (χ0) is 18.8. The second kappa shape index (κ2) is 10.5. The van der Waals surface area contributed by atoms with Crippen molar-refractivity contribution in [2.24, 2.45) is 4.99 Å². The van der Waals surface area contributed by atoms with Gasteiger partial charge < -0.3 is 15.5 Å². The van der Waals surface area contributed by atoms with Crippen LogP contribution in [0.4, 0.5) is 0 Å². The van der Waals surface area contributed by atoms with Gasteiger partial charge in [0.25, 0.3) is 0 Å². The smallest absolute Gasteiger partial charge is 0.242 e. The SMILES string of the molecule is CCN(Cc1ccccc1)C(=O)CNC(=NC)NCc1ccc(Cl)cc1. The van der Waals surface area contributed by atoms with Gasteiger partial charge in [0.1, 0.15) is 0 Å². The highest BCUT2D eigenvalue weighted by Gasteiger charge is 2.12. The number of carbonyl (C=O) groups is 1. The molecule has 0 saturated carbocycles. The second-order valence-corrected chi connectivity index (χ2v) is 6.24. The summed E-state index contributed by atoms with van der Waals surface area (Å²) in [7, 11) is 1.68. The Kier molecular flexibility index (Phi) is 7.96. The van der Waals surface area contributed by atoms with Crippen molar-refractivity contribution in [1.29, 1.82) is 0 Å². The minimum absolute atomic E-state index is 0.0331. The van der Waals surface area contributed by atoms with E-state index in [4.69, 9.17) is 11.6 Å². The third-order valence-electron chi connectivity index (χ3n) is 3.95. The number of nitrogens with one attached hydrogen (secondary N) is 2. The van der Waals surface area contributed by atoms with Gasteiger partial charge in [-0.15, -0.1) is 0 Å². The van der Waals surface area contributed by atoms with Crippen LogP contribution in [0.25, 0.3) is 0 Å². The normalized spacial score (nSPS) is 11.1. The lowest BCUT2D eigenvalue weighted by Crippen LogP contribution is -2.44. The fourth-order valence-corrected chi connectivity index (χ4v) is 2.59. The highest BCUT2D eigenvalue weighted by molar-refractivity contribution is 6.30. The zero-order valence-electron chi connectivity index (χ0n) is 15.2. The molecular formula is C20H25ClN4O. The van der Waals surface area contributed by atoms with Crippen LogP contribution in [0.5, 0.6) is 0 Å². The lowest BCUT2D eigenvalue weighted by molar-refractivity contribution is -0.130. The van der Waals surface area contributed by atoms with Gasteiger partial charge in [-0.1, -0.05) is 54.1 Å². The van der Waals surface area contributed by atoms with Crippen molar-refractivity contribution in [3.63, 3.8) is 0 Å². The maximum absolute atomic E-state index is 12.5. The fraction of sp³-hybridized carbons (Fsp3) is 0.300. The van der Waals surface area contributed by atoms with Gasteiger partial charge in [0, 0.05) is 31.7 Å². The molecule has 2 rings (SSSR count). The van der Waals surface area contributed by atoms with Gasteiger partial charge in [-0.2, -0.15) is 0 Å². The lowest BCUT2D eigenvalue weighted by atomic mass is 10.2. The number of guanidine groups is 1. The molecule has 0 saturated heterocycles. The molecule has 2 aromatic carbocycles. The molecule has 6 heteroatoms. The number of rotatable bonds is 7. The monoisotopic (exact) mass is 372 g/mol. The van der Waals surface area contributed by atoms with Crippen molar-refractivity contribution < 1.29 is 4.79 Å². The van der Waals surface area contributed by atoms with Crippen LogP contribution in [-0.2, 0) is 17.9 Å². The van der Waals surface area contributed by atoms with E-state index >= 15 is 0 Å². The summed E-state index contributed by atoms with van der Waals surface area (Å²) in [5.41, 5.74) is 2.20. The van der Waals surface area contributed by atoms with E-state index in [0.29, 0.717) is 30.6 Å². The maximum atomic E-state index is 12.5. The number of aliphatic imine (C=N–C) groups is 1. The van der Waals surface area contributed by atoms with Crippen LogP contribution in [0.1, 0.15) is 18.1 Å². The summed E-state index contributed by atoms with van der Waals surface area (Å²) in [5.74, 6) is 0.620. The van der Waals surface area contributed by atoms with E-state index < -0.39 is 0 Å². The fourth-order valence-electron chi connectivity index (χ4n) is 2.46. The summed E-state index contributed by atoms with van der Waals surface area (Å²) in [6.45, 7) is 4.04. The summed E-state index contributed by atoms with van der Waals surface area (Å²) >= 11 is 5.89. The van der Waals surface area contributed by atoms with E-state index in [0.717, 1.165) is 11.1 Å². The first-order chi connectivity index (χ1) is 12.6. The van der Waals surface area contributed by atoms with E-state index in [1.165, 1.54) is 0 Å². The number of carbonyl (C=O) groups excluding carboxylic acids is 1. The largest absolute Gasteiger partial charge is 0.352 e.